The maximum absolute atomic E-state index is 6.01. The first-order chi connectivity index (χ1) is 8.56. The Hall–Kier alpha value is -1.67. The summed E-state index contributed by atoms with van der Waals surface area (Å²) in [5, 5.41) is 0.704. The molecule has 0 aliphatic rings. The smallest absolute Gasteiger partial charge is 0.0615 e. The summed E-state index contributed by atoms with van der Waals surface area (Å²) in [6.45, 7) is 2.91. The highest BCUT2D eigenvalue weighted by Crippen LogP contribution is 2.27. The van der Waals surface area contributed by atoms with Crippen molar-refractivity contribution in [2.24, 2.45) is 0 Å². The monoisotopic (exact) mass is 260 g/mol. The van der Waals surface area contributed by atoms with Crippen LogP contribution in [0.4, 0.5) is 11.4 Å². The highest BCUT2D eigenvalue weighted by atomic mass is 35.5. The van der Waals surface area contributed by atoms with Crippen molar-refractivity contribution in [3.05, 3.63) is 58.6 Å². The van der Waals surface area contributed by atoms with Crippen LogP contribution in [0.5, 0.6) is 0 Å². The lowest BCUT2D eigenvalue weighted by molar-refractivity contribution is 0.923. The van der Waals surface area contributed by atoms with E-state index in [4.69, 9.17) is 17.3 Å². The molecule has 18 heavy (non-hydrogen) atoms. The third kappa shape index (κ3) is 2.96. The van der Waals surface area contributed by atoms with E-state index in [9.17, 15) is 0 Å². The minimum atomic E-state index is 0.704. The number of aryl methyl sites for hydroxylation is 1. The molecule has 0 saturated carbocycles. The third-order valence-electron chi connectivity index (χ3n) is 2.91. The van der Waals surface area contributed by atoms with Crippen molar-refractivity contribution >= 4 is 23.0 Å². The Morgan fingerprint density at radius 2 is 1.94 bits per heavy atom. The summed E-state index contributed by atoms with van der Waals surface area (Å²) in [5.74, 6) is 0. The van der Waals surface area contributed by atoms with Crippen LogP contribution in [0.3, 0.4) is 0 Å². The van der Waals surface area contributed by atoms with Crippen LogP contribution in [0.25, 0.3) is 0 Å². The van der Waals surface area contributed by atoms with Gasteiger partial charge in [-0.05, 0) is 30.7 Å². The lowest BCUT2D eigenvalue weighted by atomic mass is 10.1. The van der Waals surface area contributed by atoms with E-state index in [1.54, 1.807) is 6.07 Å². The van der Waals surface area contributed by atoms with Gasteiger partial charge >= 0.3 is 0 Å². The molecule has 0 aliphatic heterocycles. The van der Waals surface area contributed by atoms with Gasteiger partial charge in [0.05, 0.1) is 11.4 Å². The number of hydrogen-bond acceptors (Lipinski definition) is 2. The molecule has 94 valence electrons. The Bertz CT molecular complexity index is 552. The number of benzene rings is 2. The van der Waals surface area contributed by atoms with E-state index in [-0.39, 0.29) is 0 Å². The second-order valence-electron chi connectivity index (χ2n) is 4.55. The Labute approximate surface area is 113 Å². The number of nitrogens with two attached hydrogens (primary N) is 1. The van der Waals surface area contributed by atoms with Crippen LogP contribution in [0.15, 0.2) is 42.5 Å². The Balaban J connectivity index is 2.21. The fourth-order valence-corrected chi connectivity index (χ4v) is 2.18. The zero-order valence-electron chi connectivity index (χ0n) is 10.7. The van der Waals surface area contributed by atoms with E-state index in [0.29, 0.717) is 5.02 Å². The van der Waals surface area contributed by atoms with Crippen LogP contribution in [-0.2, 0) is 6.54 Å². The van der Waals surface area contributed by atoms with E-state index in [0.717, 1.165) is 17.9 Å². The fraction of sp³-hybridized carbons (Fsp3) is 0.200. The van der Waals surface area contributed by atoms with Gasteiger partial charge in [0.2, 0.25) is 0 Å². The van der Waals surface area contributed by atoms with Gasteiger partial charge in [-0.15, -0.1) is 0 Å². The quantitative estimate of drug-likeness (QED) is 0.849. The summed E-state index contributed by atoms with van der Waals surface area (Å²) in [6, 6.07) is 14.0. The predicted octanol–water partition coefficient (Wildman–Crippen LogP) is 3.87. The Kier molecular flexibility index (Phi) is 3.78. The van der Waals surface area contributed by atoms with Gasteiger partial charge in [0.1, 0.15) is 0 Å². The molecule has 0 fully saturated rings. The molecular weight excluding hydrogens is 244 g/mol. The Morgan fingerprint density at radius 1 is 1.17 bits per heavy atom. The number of halogens is 1. The molecule has 0 spiro atoms. The summed E-state index contributed by atoms with van der Waals surface area (Å²) < 4.78 is 0. The molecule has 2 aromatic rings. The lowest BCUT2D eigenvalue weighted by Gasteiger charge is -2.21. The van der Waals surface area contributed by atoms with Crippen molar-refractivity contribution in [2.45, 2.75) is 13.5 Å². The fourth-order valence-electron chi connectivity index (χ4n) is 2.02. The molecule has 3 heteroatoms. The van der Waals surface area contributed by atoms with E-state index >= 15 is 0 Å². The minimum Gasteiger partial charge on any atom is -0.397 e. The van der Waals surface area contributed by atoms with Crippen molar-refractivity contribution in [3.63, 3.8) is 0 Å². The zero-order chi connectivity index (χ0) is 13.1. The van der Waals surface area contributed by atoms with Gasteiger partial charge in [0.15, 0.2) is 0 Å². The summed E-state index contributed by atoms with van der Waals surface area (Å²) in [6.07, 6.45) is 0. The molecule has 2 N–H and O–H groups in total. The summed E-state index contributed by atoms with van der Waals surface area (Å²) >= 11 is 6.01. The first-order valence-corrected chi connectivity index (χ1v) is 6.26. The zero-order valence-corrected chi connectivity index (χ0v) is 11.4. The highest BCUT2D eigenvalue weighted by molar-refractivity contribution is 6.31. The second-order valence-corrected chi connectivity index (χ2v) is 4.98. The molecule has 0 unspecified atom stereocenters. The molecule has 2 aromatic carbocycles. The predicted molar refractivity (Wildman–Crippen MR) is 79.2 cm³/mol. The van der Waals surface area contributed by atoms with Crippen molar-refractivity contribution in [3.8, 4) is 0 Å². The second kappa shape index (κ2) is 5.32. The molecule has 2 rings (SSSR count). The topological polar surface area (TPSA) is 29.3 Å². The van der Waals surface area contributed by atoms with Gasteiger partial charge in [0, 0.05) is 18.6 Å². The minimum absolute atomic E-state index is 0.704. The van der Waals surface area contributed by atoms with Crippen LogP contribution >= 0.6 is 11.6 Å². The van der Waals surface area contributed by atoms with Gasteiger partial charge < -0.3 is 10.6 Å². The first kappa shape index (κ1) is 12.8. The average Bonchev–Trinajstić information content (AvgIpc) is 2.32. The third-order valence-corrected chi connectivity index (χ3v) is 3.14. The molecular formula is C15H17ClN2. The molecule has 0 aromatic heterocycles. The molecule has 0 saturated heterocycles. The standard InChI is InChI=1S/C15H17ClN2/c1-11-4-3-5-12(8-11)10-18(2)15-9-13(16)6-7-14(15)17/h3-9H,10,17H2,1-2H3. The summed E-state index contributed by atoms with van der Waals surface area (Å²) in [7, 11) is 2.02. The molecule has 0 radical (unpaired) electrons. The van der Waals surface area contributed by atoms with Gasteiger partial charge in [-0.3, -0.25) is 0 Å². The largest absolute Gasteiger partial charge is 0.397 e. The lowest BCUT2D eigenvalue weighted by Crippen LogP contribution is -2.17. The highest BCUT2D eigenvalue weighted by Gasteiger charge is 2.07. The normalized spacial score (nSPS) is 10.4. The Morgan fingerprint density at radius 3 is 2.67 bits per heavy atom. The molecule has 0 amide bonds. The summed E-state index contributed by atoms with van der Waals surface area (Å²) in [4.78, 5) is 2.11. The van der Waals surface area contributed by atoms with Gasteiger partial charge in [0.25, 0.3) is 0 Å². The number of rotatable bonds is 3. The van der Waals surface area contributed by atoms with Crippen LogP contribution in [-0.4, -0.2) is 7.05 Å². The number of nitrogen functional groups attached to an aromatic ring is 1. The van der Waals surface area contributed by atoms with E-state index in [1.165, 1.54) is 11.1 Å². The first-order valence-electron chi connectivity index (χ1n) is 5.88. The van der Waals surface area contributed by atoms with Crippen molar-refractivity contribution < 1.29 is 0 Å². The SMILES string of the molecule is Cc1cccc(CN(C)c2cc(Cl)ccc2N)c1. The van der Waals surface area contributed by atoms with Crippen LogP contribution < -0.4 is 10.6 Å². The average molecular weight is 261 g/mol. The van der Waals surface area contributed by atoms with Crippen LogP contribution in [0.1, 0.15) is 11.1 Å². The van der Waals surface area contributed by atoms with Crippen LogP contribution in [0.2, 0.25) is 5.02 Å². The van der Waals surface area contributed by atoms with Gasteiger partial charge in [-0.25, -0.2) is 0 Å². The van der Waals surface area contributed by atoms with Crippen LogP contribution in [0, 0.1) is 6.92 Å². The summed E-state index contributed by atoms with van der Waals surface area (Å²) in [5.41, 5.74) is 10.2. The molecule has 0 aliphatic carbocycles. The van der Waals surface area contributed by atoms with Gasteiger partial charge in [-0.2, -0.15) is 0 Å². The van der Waals surface area contributed by atoms with Gasteiger partial charge in [-0.1, -0.05) is 41.4 Å². The molecule has 0 heterocycles. The number of nitrogens with zero attached hydrogens (tertiary/aromatic N) is 1. The molecule has 0 bridgehead atoms. The van der Waals surface area contributed by atoms with Crippen molar-refractivity contribution in [2.75, 3.05) is 17.7 Å². The van der Waals surface area contributed by atoms with E-state index in [1.807, 2.05) is 19.2 Å². The van der Waals surface area contributed by atoms with E-state index in [2.05, 4.69) is 36.1 Å². The molecule has 0 atom stereocenters. The number of anilines is 2. The molecule has 2 nitrogen and oxygen atoms in total. The van der Waals surface area contributed by atoms with Crippen molar-refractivity contribution in [1.82, 2.24) is 0 Å². The number of hydrogen-bond donors (Lipinski definition) is 1. The van der Waals surface area contributed by atoms with E-state index < -0.39 is 0 Å². The maximum atomic E-state index is 6.01. The maximum Gasteiger partial charge on any atom is 0.0615 e. The van der Waals surface area contributed by atoms with Crippen molar-refractivity contribution in [1.29, 1.82) is 0 Å².